The van der Waals surface area contributed by atoms with Gasteiger partial charge in [0.1, 0.15) is 5.00 Å². The zero-order chi connectivity index (χ0) is 11.4. The summed E-state index contributed by atoms with van der Waals surface area (Å²) in [6.45, 7) is 3.81. The van der Waals surface area contributed by atoms with Gasteiger partial charge < -0.3 is 10.0 Å². The van der Waals surface area contributed by atoms with Crippen molar-refractivity contribution in [1.82, 2.24) is 0 Å². The van der Waals surface area contributed by atoms with Gasteiger partial charge in [-0.1, -0.05) is 6.92 Å². The molecule has 1 rings (SSSR count). The first-order valence-electron chi connectivity index (χ1n) is 5.04. The third-order valence-corrected chi connectivity index (χ3v) is 3.62. The van der Waals surface area contributed by atoms with E-state index < -0.39 is 0 Å². The van der Waals surface area contributed by atoms with E-state index in [-0.39, 0.29) is 18.4 Å². The van der Waals surface area contributed by atoms with E-state index >= 15 is 0 Å². The number of aliphatic hydroxyl groups excluding tert-OH is 1. The fraction of sp³-hybridized carbons (Fsp3) is 0.545. The van der Waals surface area contributed by atoms with Crippen LogP contribution in [0.1, 0.15) is 18.9 Å². The molecule has 4 heteroatoms. The van der Waals surface area contributed by atoms with E-state index in [1.165, 1.54) is 0 Å². The van der Waals surface area contributed by atoms with Gasteiger partial charge >= 0.3 is 0 Å². The summed E-state index contributed by atoms with van der Waals surface area (Å²) in [5, 5.41) is 12.0. The van der Waals surface area contributed by atoms with Crippen LogP contribution in [0.4, 0.5) is 5.00 Å². The third-order valence-electron chi connectivity index (χ3n) is 2.53. The molecule has 1 N–H and O–H groups in total. The van der Waals surface area contributed by atoms with Gasteiger partial charge in [-0.3, -0.25) is 4.79 Å². The molecular weight excluding hydrogens is 210 g/mol. The highest BCUT2D eigenvalue weighted by molar-refractivity contribution is 7.14. The molecule has 0 spiro atoms. The zero-order valence-electron chi connectivity index (χ0n) is 9.36. The predicted molar refractivity (Wildman–Crippen MR) is 63.3 cm³/mol. The standard InChI is InChI=1S/C11H17NO2S/c1-4-9(7-13)10(14)12(3)11-8(2)5-6-15-11/h5-6,9,13H,4,7H2,1-3H3. The molecule has 0 radical (unpaired) electrons. The molecule has 0 aliphatic heterocycles. The molecule has 84 valence electrons. The van der Waals surface area contributed by atoms with Gasteiger partial charge in [0.05, 0.1) is 12.5 Å². The number of hydrogen-bond donors (Lipinski definition) is 1. The molecule has 0 aliphatic rings. The molecule has 0 aromatic carbocycles. The lowest BCUT2D eigenvalue weighted by Crippen LogP contribution is -2.34. The minimum Gasteiger partial charge on any atom is -0.396 e. The maximum Gasteiger partial charge on any atom is 0.232 e. The van der Waals surface area contributed by atoms with E-state index in [1.807, 2.05) is 25.3 Å². The van der Waals surface area contributed by atoms with E-state index in [4.69, 9.17) is 5.11 Å². The summed E-state index contributed by atoms with van der Waals surface area (Å²) < 4.78 is 0. The van der Waals surface area contributed by atoms with Crippen LogP contribution in [0.5, 0.6) is 0 Å². The second-order valence-electron chi connectivity index (χ2n) is 3.59. The van der Waals surface area contributed by atoms with Crippen LogP contribution in [0.2, 0.25) is 0 Å². The summed E-state index contributed by atoms with van der Waals surface area (Å²) in [4.78, 5) is 13.6. The van der Waals surface area contributed by atoms with Crippen molar-refractivity contribution in [2.45, 2.75) is 20.3 Å². The molecule has 1 aromatic heterocycles. The Bertz CT molecular complexity index is 331. The average Bonchev–Trinajstić information content (AvgIpc) is 2.65. The summed E-state index contributed by atoms with van der Waals surface area (Å²) in [5.41, 5.74) is 1.10. The van der Waals surface area contributed by atoms with Crippen LogP contribution in [-0.4, -0.2) is 24.7 Å². The van der Waals surface area contributed by atoms with Crippen LogP contribution < -0.4 is 4.90 Å². The Morgan fingerprint density at radius 2 is 2.33 bits per heavy atom. The van der Waals surface area contributed by atoms with Crippen molar-refractivity contribution < 1.29 is 9.90 Å². The van der Waals surface area contributed by atoms with E-state index in [0.717, 1.165) is 10.6 Å². The minimum absolute atomic E-state index is 0.00875. The molecule has 1 unspecified atom stereocenters. The molecule has 0 bridgehead atoms. The first-order valence-corrected chi connectivity index (χ1v) is 5.92. The molecule has 0 saturated heterocycles. The maximum atomic E-state index is 11.9. The number of thiophene rings is 1. The van der Waals surface area contributed by atoms with Crippen molar-refractivity contribution in [2.24, 2.45) is 5.92 Å². The molecule has 1 atom stereocenters. The number of carbonyl (C=O) groups is 1. The number of amides is 1. The SMILES string of the molecule is CCC(CO)C(=O)N(C)c1sccc1C. The van der Waals surface area contributed by atoms with E-state index in [2.05, 4.69) is 0 Å². The van der Waals surface area contributed by atoms with Gasteiger partial charge in [-0.15, -0.1) is 11.3 Å². The Labute approximate surface area is 94.3 Å². The number of anilines is 1. The monoisotopic (exact) mass is 227 g/mol. The first kappa shape index (κ1) is 12.2. The Morgan fingerprint density at radius 1 is 1.67 bits per heavy atom. The Kier molecular flexibility index (Phi) is 4.29. The summed E-state index contributed by atoms with van der Waals surface area (Å²) >= 11 is 1.55. The summed E-state index contributed by atoms with van der Waals surface area (Å²) in [6, 6.07) is 1.99. The van der Waals surface area contributed by atoms with Gasteiger partial charge in [-0.25, -0.2) is 0 Å². The molecule has 1 aromatic rings. The molecule has 1 amide bonds. The number of rotatable bonds is 4. The van der Waals surface area contributed by atoms with Crippen molar-refractivity contribution in [3.63, 3.8) is 0 Å². The van der Waals surface area contributed by atoms with Crippen molar-refractivity contribution in [2.75, 3.05) is 18.6 Å². The van der Waals surface area contributed by atoms with Crippen LogP contribution in [0.25, 0.3) is 0 Å². The maximum absolute atomic E-state index is 11.9. The number of carbonyl (C=O) groups excluding carboxylic acids is 1. The zero-order valence-corrected chi connectivity index (χ0v) is 10.2. The highest BCUT2D eigenvalue weighted by atomic mass is 32.1. The van der Waals surface area contributed by atoms with Gasteiger partial charge in [0.15, 0.2) is 0 Å². The molecule has 15 heavy (non-hydrogen) atoms. The highest BCUT2D eigenvalue weighted by Crippen LogP contribution is 2.27. The topological polar surface area (TPSA) is 40.5 Å². The Balaban J connectivity index is 2.81. The second-order valence-corrected chi connectivity index (χ2v) is 4.49. The number of nitrogens with zero attached hydrogens (tertiary/aromatic N) is 1. The van der Waals surface area contributed by atoms with Gasteiger partial charge in [0, 0.05) is 7.05 Å². The van der Waals surface area contributed by atoms with Crippen molar-refractivity contribution >= 4 is 22.2 Å². The summed E-state index contributed by atoms with van der Waals surface area (Å²) in [5.74, 6) is -0.290. The lowest BCUT2D eigenvalue weighted by Gasteiger charge is -2.21. The smallest absolute Gasteiger partial charge is 0.232 e. The quantitative estimate of drug-likeness (QED) is 0.855. The average molecular weight is 227 g/mol. The number of aliphatic hydroxyl groups is 1. The van der Waals surface area contributed by atoms with Gasteiger partial charge in [0.25, 0.3) is 0 Å². The van der Waals surface area contributed by atoms with Crippen molar-refractivity contribution in [1.29, 1.82) is 0 Å². The number of aryl methyl sites for hydroxylation is 1. The minimum atomic E-state index is -0.281. The van der Waals surface area contributed by atoms with Crippen LogP contribution in [0.15, 0.2) is 11.4 Å². The Morgan fingerprint density at radius 3 is 2.73 bits per heavy atom. The molecule has 0 fully saturated rings. The van der Waals surface area contributed by atoms with Crippen LogP contribution in [0.3, 0.4) is 0 Å². The fourth-order valence-electron chi connectivity index (χ4n) is 1.46. The van der Waals surface area contributed by atoms with E-state index in [9.17, 15) is 4.79 Å². The molecule has 0 aliphatic carbocycles. The second kappa shape index (κ2) is 5.28. The lowest BCUT2D eigenvalue weighted by molar-refractivity contribution is -0.123. The van der Waals surface area contributed by atoms with Crippen molar-refractivity contribution in [3.8, 4) is 0 Å². The van der Waals surface area contributed by atoms with E-state index in [1.54, 1.807) is 23.3 Å². The molecular formula is C11H17NO2S. The van der Waals surface area contributed by atoms with Gasteiger partial charge in [0.2, 0.25) is 5.91 Å². The van der Waals surface area contributed by atoms with Crippen molar-refractivity contribution in [3.05, 3.63) is 17.0 Å². The van der Waals surface area contributed by atoms with Crippen LogP contribution in [-0.2, 0) is 4.79 Å². The third kappa shape index (κ3) is 2.58. The van der Waals surface area contributed by atoms with Crippen LogP contribution in [0, 0.1) is 12.8 Å². The van der Waals surface area contributed by atoms with E-state index in [0.29, 0.717) is 6.42 Å². The number of hydrogen-bond acceptors (Lipinski definition) is 3. The van der Waals surface area contributed by atoms with Crippen LogP contribution >= 0.6 is 11.3 Å². The first-order chi connectivity index (χ1) is 7.11. The van der Waals surface area contributed by atoms with Gasteiger partial charge in [-0.2, -0.15) is 0 Å². The molecule has 3 nitrogen and oxygen atoms in total. The lowest BCUT2D eigenvalue weighted by atomic mass is 10.1. The largest absolute Gasteiger partial charge is 0.396 e. The summed E-state index contributed by atoms with van der Waals surface area (Å²) in [7, 11) is 1.76. The predicted octanol–water partition coefficient (Wildman–Crippen LogP) is 2.04. The normalized spacial score (nSPS) is 12.5. The fourth-order valence-corrected chi connectivity index (χ4v) is 2.37. The highest BCUT2D eigenvalue weighted by Gasteiger charge is 2.21. The van der Waals surface area contributed by atoms with Gasteiger partial charge in [-0.05, 0) is 30.4 Å². The Hall–Kier alpha value is -0.870. The summed E-state index contributed by atoms with van der Waals surface area (Å²) in [6.07, 6.45) is 0.671. The molecule has 0 saturated carbocycles. The molecule has 1 heterocycles.